The summed E-state index contributed by atoms with van der Waals surface area (Å²) in [6.07, 6.45) is 0.814. The summed E-state index contributed by atoms with van der Waals surface area (Å²) >= 11 is 0. The lowest BCUT2D eigenvalue weighted by Crippen LogP contribution is -2.22. The summed E-state index contributed by atoms with van der Waals surface area (Å²) < 4.78 is 47.1. The van der Waals surface area contributed by atoms with Crippen molar-refractivity contribution in [2.75, 3.05) is 14.1 Å². The fourth-order valence-corrected chi connectivity index (χ4v) is 4.69. The molecule has 0 atom stereocenters. The molecule has 0 radical (unpaired) electrons. The molecule has 0 unspecified atom stereocenters. The minimum Gasteiger partial charge on any atom is -0.454 e. The number of halogens is 1. The highest BCUT2D eigenvalue weighted by atomic mass is 32.2. The fourth-order valence-electron chi connectivity index (χ4n) is 3.77. The Kier molecular flexibility index (Phi) is 6.37. The molecule has 0 aliphatic rings. The lowest BCUT2D eigenvalue weighted by molar-refractivity contribution is 0.0457. The second kappa shape index (κ2) is 9.11. The van der Waals surface area contributed by atoms with Gasteiger partial charge in [-0.15, -0.1) is 0 Å². The zero-order valence-electron chi connectivity index (χ0n) is 19.4. The number of aromatic nitrogens is 3. The number of aryl methyl sites for hydroxylation is 2. The minimum atomic E-state index is -3.60. The number of hydrogen-bond acceptors (Lipinski definition) is 6. The fraction of sp³-hybridized carbons (Fsp3) is 0.292. The number of benzene rings is 2. The molecule has 4 aromatic rings. The van der Waals surface area contributed by atoms with E-state index in [2.05, 4.69) is 9.97 Å². The van der Waals surface area contributed by atoms with Gasteiger partial charge in [-0.25, -0.2) is 26.9 Å². The standard InChI is InChI=1S/C24H25FN4O4S/c1-5-10-29-22-9-8-18(34(31,32)28(3)4)13-21(22)27-23(29)14-33-24(30)19-11-16-6-7-17(25)12-20(16)26-15(19)2/h6-9,11-13H,5,10,14H2,1-4H3. The van der Waals surface area contributed by atoms with E-state index in [1.165, 1.54) is 32.3 Å². The Morgan fingerprint density at radius 3 is 2.56 bits per heavy atom. The number of nitrogens with zero attached hydrogens (tertiary/aromatic N) is 4. The second-order valence-electron chi connectivity index (χ2n) is 8.15. The number of hydrogen-bond donors (Lipinski definition) is 0. The van der Waals surface area contributed by atoms with Gasteiger partial charge in [0.05, 0.1) is 32.7 Å². The number of rotatable bonds is 7. The van der Waals surface area contributed by atoms with Crippen molar-refractivity contribution in [1.82, 2.24) is 18.8 Å². The topological polar surface area (TPSA) is 94.4 Å². The molecular weight excluding hydrogens is 459 g/mol. The van der Waals surface area contributed by atoms with Crippen LogP contribution in [0.1, 0.15) is 35.2 Å². The first-order chi connectivity index (χ1) is 16.1. The Hall–Kier alpha value is -3.37. The average molecular weight is 485 g/mol. The van der Waals surface area contributed by atoms with Crippen LogP contribution in [0.3, 0.4) is 0 Å². The molecule has 0 saturated heterocycles. The molecule has 34 heavy (non-hydrogen) atoms. The van der Waals surface area contributed by atoms with E-state index in [1.54, 1.807) is 31.2 Å². The molecule has 2 aromatic carbocycles. The molecule has 0 N–H and O–H groups in total. The molecule has 0 fully saturated rings. The summed E-state index contributed by atoms with van der Waals surface area (Å²) in [6, 6.07) is 10.6. The Bertz CT molecular complexity index is 1510. The number of esters is 1. The number of carbonyl (C=O) groups excluding carboxylic acids is 1. The van der Waals surface area contributed by atoms with Crippen LogP contribution < -0.4 is 0 Å². The number of sulfonamides is 1. The molecule has 0 aliphatic carbocycles. The zero-order chi connectivity index (χ0) is 24.6. The molecule has 0 amide bonds. The van der Waals surface area contributed by atoms with E-state index in [9.17, 15) is 17.6 Å². The van der Waals surface area contributed by atoms with Crippen molar-refractivity contribution >= 4 is 37.9 Å². The molecule has 178 valence electrons. The van der Waals surface area contributed by atoms with E-state index >= 15 is 0 Å². The highest BCUT2D eigenvalue weighted by Gasteiger charge is 2.21. The first kappa shape index (κ1) is 23.8. The number of fused-ring (bicyclic) bond motifs is 2. The summed E-state index contributed by atoms with van der Waals surface area (Å²) in [4.78, 5) is 21.9. The lowest BCUT2D eigenvalue weighted by Gasteiger charge is -2.11. The Morgan fingerprint density at radius 2 is 1.85 bits per heavy atom. The van der Waals surface area contributed by atoms with E-state index < -0.39 is 21.8 Å². The van der Waals surface area contributed by atoms with Crippen LogP contribution in [0.25, 0.3) is 21.9 Å². The molecular formula is C24H25FN4O4S. The van der Waals surface area contributed by atoms with Crippen LogP contribution in [0.5, 0.6) is 0 Å². The van der Waals surface area contributed by atoms with Crippen LogP contribution in [0.15, 0.2) is 47.4 Å². The maximum atomic E-state index is 13.5. The summed E-state index contributed by atoms with van der Waals surface area (Å²) in [5.74, 6) is -0.452. The third-order valence-electron chi connectivity index (χ3n) is 5.55. The van der Waals surface area contributed by atoms with Crippen LogP contribution >= 0.6 is 0 Å². The van der Waals surface area contributed by atoms with Crippen molar-refractivity contribution in [2.24, 2.45) is 0 Å². The molecule has 0 saturated carbocycles. The smallest absolute Gasteiger partial charge is 0.340 e. The predicted octanol–water partition coefficient (Wildman–Crippen LogP) is 4.05. The van der Waals surface area contributed by atoms with Crippen molar-refractivity contribution in [1.29, 1.82) is 0 Å². The zero-order valence-corrected chi connectivity index (χ0v) is 20.2. The molecule has 8 nitrogen and oxygen atoms in total. The quantitative estimate of drug-likeness (QED) is 0.368. The first-order valence-corrected chi connectivity index (χ1v) is 12.2. The maximum Gasteiger partial charge on any atom is 0.340 e. The summed E-state index contributed by atoms with van der Waals surface area (Å²) in [5.41, 5.74) is 2.45. The van der Waals surface area contributed by atoms with Gasteiger partial charge in [-0.05, 0) is 49.7 Å². The van der Waals surface area contributed by atoms with Crippen LogP contribution in [0, 0.1) is 12.7 Å². The van der Waals surface area contributed by atoms with Crippen LogP contribution in [-0.2, 0) is 27.9 Å². The minimum absolute atomic E-state index is 0.0931. The van der Waals surface area contributed by atoms with Gasteiger partial charge in [0.15, 0.2) is 0 Å². The van der Waals surface area contributed by atoms with E-state index in [0.29, 0.717) is 34.5 Å². The third kappa shape index (κ3) is 4.38. The normalized spacial score (nSPS) is 12.1. The molecule has 2 heterocycles. The van der Waals surface area contributed by atoms with Crippen molar-refractivity contribution in [3.05, 3.63) is 65.4 Å². The Labute approximate surface area is 197 Å². The SMILES string of the molecule is CCCn1c(COC(=O)c2cc3ccc(F)cc3nc2C)nc2cc(S(=O)(=O)N(C)C)ccc21. The number of ether oxygens (including phenoxy) is 1. The van der Waals surface area contributed by atoms with E-state index in [1.807, 2.05) is 11.5 Å². The highest BCUT2D eigenvalue weighted by Crippen LogP contribution is 2.24. The van der Waals surface area contributed by atoms with Gasteiger partial charge in [-0.1, -0.05) is 6.92 Å². The maximum absolute atomic E-state index is 13.5. The van der Waals surface area contributed by atoms with Gasteiger partial charge < -0.3 is 9.30 Å². The third-order valence-corrected chi connectivity index (χ3v) is 7.36. The molecule has 0 aliphatic heterocycles. The van der Waals surface area contributed by atoms with Gasteiger partial charge >= 0.3 is 5.97 Å². The van der Waals surface area contributed by atoms with Crippen LogP contribution in [0.2, 0.25) is 0 Å². The molecule has 4 rings (SSSR count). The van der Waals surface area contributed by atoms with Gasteiger partial charge in [0.25, 0.3) is 0 Å². The lowest BCUT2D eigenvalue weighted by atomic mass is 10.1. The van der Waals surface area contributed by atoms with Gasteiger partial charge in [0.2, 0.25) is 10.0 Å². The van der Waals surface area contributed by atoms with Crippen molar-refractivity contribution in [2.45, 2.75) is 38.3 Å². The Morgan fingerprint density at radius 1 is 1.09 bits per heavy atom. The second-order valence-corrected chi connectivity index (χ2v) is 10.3. The van der Waals surface area contributed by atoms with Crippen molar-refractivity contribution in [3.63, 3.8) is 0 Å². The average Bonchev–Trinajstić information content (AvgIpc) is 3.13. The Balaban J connectivity index is 1.64. The van der Waals surface area contributed by atoms with Gasteiger partial charge in [0, 0.05) is 32.1 Å². The molecule has 10 heteroatoms. The summed E-state index contributed by atoms with van der Waals surface area (Å²) in [5, 5.41) is 0.631. The van der Waals surface area contributed by atoms with Crippen LogP contribution in [0.4, 0.5) is 4.39 Å². The number of imidazole rings is 1. The molecule has 0 bridgehead atoms. The number of pyridine rings is 1. The van der Waals surface area contributed by atoms with E-state index in [0.717, 1.165) is 16.2 Å². The largest absolute Gasteiger partial charge is 0.454 e. The summed E-state index contributed by atoms with van der Waals surface area (Å²) in [6.45, 7) is 4.22. The van der Waals surface area contributed by atoms with Crippen molar-refractivity contribution in [3.8, 4) is 0 Å². The van der Waals surface area contributed by atoms with Gasteiger partial charge in [-0.2, -0.15) is 0 Å². The van der Waals surface area contributed by atoms with Gasteiger partial charge in [0.1, 0.15) is 18.2 Å². The molecule has 2 aromatic heterocycles. The molecule has 0 spiro atoms. The first-order valence-electron chi connectivity index (χ1n) is 10.8. The number of carbonyl (C=O) groups is 1. The summed E-state index contributed by atoms with van der Waals surface area (Å²) in [7, 11) is -0.658. The van der Waals surface area contributed by atoms with E-state index in [-0.39, 0.29) is 17.1 Å². The van der Waals surface area contributed by atoms with Crippen LogP contribution in [-0.4, -0.2) is 47.3 Å². The highest BCUT2D eigenvalue weighted by molar-refractivity contribution is 7.89. The predicted molar refractivity (Wildman–Crippen MR) is 126 cm³/mol. The monoisotopic (exact) mass is 484 g/mol. The van der Waals surface area contributed by atoms with Gasteiger partial charge in [-0.3, -0.25) is 4.98 Å². The van der Waals surface area contributed by atoms with Crippen molar-refractivity contribution < 1.29 is 22.3 Å². The van der Waals surface area contributed by atoms with E-state index in [4.69, 9.17) is 4.74 Å².